The molecular formula is C16H18ClNO3. The molecule has 0 atom stereocenters. The quantitative estimate of drug-likeness (QED) is 0.873. The normalized spacial score (nSPS) is 17.9. The molecule has 0 aromatic heterocycles. The Kier molecular flexibility index (Phi) is 4.68. The minimum Gasteiger partial charge on any atom is -0.481 e. The average molecular weight is 308 g/mol. The number of benzene rings is 1. The van der Waals surface area contributed by atoms with E-state index in [1.165, 1.54) is 6.08 Å². The number of hydrogen-bond donors (Lipinski definition) is 1. The van der Waals surface area contributed by atoms with Gasteiger partial charge in [-0.1, -0.05) is 23.7 Å². The highest BCUT2D eigenvalue weighted by Crippen LogP contribution is 2.31. The number of carboxylic acid groups (broad SMARTS) is 1. The van der Waals surface area contributed by atoms with Crippen molar-refractivity contribution in [3.63, 3.8) is 0 Å². The Bertz CT molecular complexity index is 557. The number of halogens is 1. The lowest BCUT2D eigenvalue weighted by Crippen LogP contribution is -2.44. The third kappa shape index (κ3) is 3.85. The fourth-order valence-electron chi connectivity index (χ4n) is 2.28. The van der Waals surface area contributed by atoms with Gasteiger partial charge < -0.3 is 10.0 Å². The van der Waals surface area contributed by atoms with Crippen molar-refractivity contribution in [3.05, 3.63) is 40.9 Å². The number of carbonyl (C=O) groups excluding carboxylic acids is 1. The third-order valence-electron chi connectivity index (χ3n) is 3.98. The summed E-state index contributed by atoms with van der Waals surface area (Å²) in [6, 6.07) is 7.21. The molecule has 1 saturated heterocycles. The van der Waals surface area contributed by atoms with Crippen LogP contribution in [0.5, 0.6) is 0 Å². The molecule has 21 heavy (non-hydrogen) atoms. The van der Waals surface area contributed by atoms with Crippen LogP contribution in [0.3, 0.4) is 0 Å². The average Bonchev–Trinajstić information content (AvgIpc) is 2.47. The Hall–Kier alpha value is -1.81. The first kappa shape index (κ1) is 15.6. The van der Waals surface area contributed by atoms with Crippen LogP contribution in [0.4, 0.5) is 0 Å². The number of piperidine rings is 1. The van der Waals surface area contributed by atoms with E-state index in [0.717, 1.165) is 5.56 Å². The van der Waals surface area contributed by atoms with E-state index in [2.05, 4.69) is 0 Å². The molecule has 1 aromatic carbocycles. The number of aliphatic carboxylic acids is 1. The second-order valence-corrected chi connectivity index (χ2v) is 6.01. The Balaban J connectivity index is 1.93. The molecule has 0 radical (unpaired) electrons. The summed E-state index contributed by atoms with van der Waals surface area (Å²) in [6.07, 6.45) is 4.24. The summed E-state index contributed by atoms with van der Waals surface area (Å²) in [5.41, 5.74) is 0.191. The van der Waals surface area contributed by atoms with E-state index in [-0.39, 0.29) is 5.91 Å². The maximum Gasteiger partial charge on any atom is 0.309 e. The van der Waals surface area contributed by atoms with Crippen LogP contribution in [-0.4, -0.2) is 35.0 Å². The first-order chi connectivity index (χ1) is 9.90. The molecule has 1 aliphatic rings. The van der Waals surface area contributed by atoms with Gasteiger partial charge in [0.15, 0.2) is 0 Å². The summed E-state index contributed by atoms with van der Waals surface area (Å²) in [6.45, 7) is 2.69. The fourth-order valence-corrected chi connectivity index (χ4v) is 2.41. The summed E-state index contributed by atoms with van der Waals surface area (Å²) in [5.74, 6) is -0.872. The molecule has 1 N–H and O–H groups in total. The second-order valence-electron chi connectivity index (χ2n) is 5.58. The van der Waals surface area contributed by atoms with Gasteiger partial charge >= 0.3 is 5.97 Å². The molecule has 5 heteroatoms. The van der Waals surface area contributed by atoms with Crippen molar-refractivity contribution in [1.82, 2.24) is 4.90 Å². The van der Waals surface area contributed by atoms with Crippen LogP contribution in [0.2, 0.25) is 5.02 Å². The van der Waals surface area contributed by atoms with Gasteiger partial charge in [-0.15, -0.1) is 0 Å². The van der Waals surface area contributed by atoms with Gasteiger partial charge in [0.1, 0.15) is 0 Å². The largest absolute Gasteiger partial charge is 0.481 e. The molecule has 1 fully saturated rings. The maximum absolute atomic E-state index is 12.1. The minimum absolute atomic E-state index is 0.0858. The van der Waals surface area contributed by atoms with E-state index in [0.29, 0.717) is 31.0 Å². The summed E-state index contributed by atoms with van der Waals surface area (Å²) in [4.78, 5) is 24.9. The first-order valence-corrected chi connectivity index (χ1v) is 7.24. The standard InChI is InChI=1S/C16H18ClNO3/c1-16(15(20)21)8-10-18(11-9-16)14(19)7-4-12-2-5-13(17)6-3-12/h2-7H,8-11H2,1H3,(H,20,21). The van der Waals surface area contributed by atoms with Gasteiger partial charge in [0.25, 0.3) is 0 Å². The fraction of sp³-hybridized carbons (Fsp3) is 0.375. The van der Waals surface area contributed by atoms with Crippen molar-refractivity contribution in [1.29, 1.82) is 0 Å². The Morgan fingerprint density at radius 2 is 1.81 bits per heavy atom. The molecule has 112 valence electrons. The number of hydrogen-bond acceptors (Lipinski definition) is 2. The zero-order chi connectivity index (χ0) is 15.5. The zero-order valence-electron chi connectivity index (χ0n) is 11.9. The van der Waals surface area contributed by atoms with E-state index in [1.54, 1.807) is 30.0 Å². The van der Waals surface area contributed by atoms with Gasteiger partial charge in [-0.2, -0.15) is 0 Å². The Morgan fingerprint density at radius 1 is 1.24 bits per heavy atom. The number of likely N-dealkylation sites (tertiary alicyclic amines) is 1. The molecule has 1 aliphatic heterocycles. The van der Waals surface area contributed by atoms with E-state index < -0.39 is 11.4 Å². The van der Waals surface area contributed by atoms with E-state index in [1.807, 2.05) is 12.1 Å². The predicted molar refractivity (Wildman–Crippen MR) is 82.0 cm³/mol. The number of carbonyl (C=O) groups is 2. The molecule has 0 unspecified atom stereocenters. The van der Waals surface area contributed by atoms with Gasteiger partial charge in [-0.05, 0) is 43.5 Å². The number of rotatable bonds is 3. The van der Waals surface area contributed by atoms with Gasteiger partial charge in [-0.25, -0.2) is 0 Å². The van der Waals surface area contributed by atoms with Crippen LogP contribution in [0.15, 0.2) is 30.3 Å². The summed E-state index contributed by atoms with van der Waals surface area (Å²) < 4.78 is 0. The van der Waals surface area contributed by atoms with Crippen LogP contribution < -0.4 is 0 Å². The molecule has 0 bridgehead atoms. The van der Waals surface area contributed by atoms with Crippen molar-refractivity contribution in [2.24, 2.45) is 5.41 Å². The van der Waals surface area contributed by atoms with E-state index >= 15 is 0 Å². The zero-order valence-corrected chi connectivity index (χ0v) is 12.6. The number of nitrogens with zero attached hydrogens (tertiary/aromatic N) is 1. The van der Waals surface area contributed by atoms with Gasteiger partial charge in [0.2, 0.25) is 5.91 Å². The molecular weight excluding hydrogens is 290 g/mol. The van der Waals surface area contributed by atoms with Crippen LogP contribution >= 0.6 is 11.6 Å². The SMILES string of the molecule is CC1(C(=O)O)CCN(C(=O)C=Cc2ccc(Cl)cc2)CC1. The Labute approximate surface area is 129 Å². The van der Waals surface area contributed by atoms with E-state index in [4.69, 9.17) is 16.7 Å². The molecule has 2 rings (SSSR count). The van der Waals surface area contributed by atoms with Crippen LogP contribution in [-0.2, 0) is 9.59 Å². The molecule has 1 amide bonds. The number of amides is 1. The highest BCUT2D eigenvalue weighted by atomic mass is 35.5. The molecule has 0 aliphatic carbocycles. The smallest absolute Gasteiger partial charge is 0.309 e. The molecule has 1 heterocycles. The van der Waals surface area contributed by atoms with Gasteiger partial charge in [-0.3, -0.25) is 9.59 Å². The lowest BCUT2D eigenvalue weighted by Gasteiger charge is -2.35. The lowest BCUT2D eigenvalue weighted by atomic mass is 9.80. The van der Waals surface area contributed by atoms with Crippen LogP contribution in [0, 0.1) is 5.41 Å². The predicted octanol–water partition coefficient (Wildman–Crippen LogP) is 3.07. The molecule has 0 saturated carbocycles. The van der Waals surface area contributed by atoms with Crippen LogP contribution in [0.25, 0.3) is 6.08 Å². The molecule has 1 aromatic rings. The van der Waals surface area contributed by atoms with Crippen molar-refractivity contribution in [2.45, 2.75) is 19.8 Å². The van der Waals surface area contributed by atoms with E-state index in [9.17, 15) is 9.59 Å². The summed E-state index contributed by atoms with van der Waals surface area (Å²) in [7, 11) is 0. The highest BCUT2D eigenvalue weighted by Gasteiger charge is 2.37. The minimum atomic E-state index is -0.786. The summed E-state index contributed by atoms with van der Waals surface area (Å²) >= 11 is 5.80. The van der Waals surface area contributed by atoms with Crippen LogP contribution in [0.1, 0.15) is 25.3 Å². The molecule has 4 nitrogen and oxygen atoms in total. The van der Waals surface area contributed by atoms with Crippen molar-refractivity contribution in [3.8, 4) is 0 Å². The van der Waals surface area contributed by atoms with Gasteiger partial charge in [0, 0.05) is 24.2 Å². The van der Waals surface area contributed by atoms with Crippen molar-refractivity contribution in [2.75, 3.05) is 13.1 Å². The monoisotopic (exact) mass is 307 g/mol. The lowest BCUT2D eigenvalue weighted by molar-refractivity contribution is -0.152. The first-order valence-electron chi connectivity index (χ1n) is 6.87. The third-order valence-corrected chi connectivity index (χ3v) is 4.24. The second kappa shape index (κ2) is 6.31. The number of carboxylic acids is 1. The summed E-state index contributed by atoms with van der Waals surface area (Å²) in [5, 5.41) is 9.82. The highest BCUT2D eigenvalue weighted by molar-refractivity contribution is 6.30. The van der Waals surface area contributed by atoms with Crippen molar-refractivity contribution < 1.29 is 14.7 Å². The topological polar surface area (TPSA) is 57.6 Å². The van der Waals surface area contributed by atoms with Crippen molar-refractivity contribution >= 4 is 29.6 Å². The maximum atomic E-state index is 12.1. The Morgan fingerprint density at radius 3 is 2.33 bits per heavy atom. The molecule has 0 spiro atoms. The van der Waals surface area contributed by atoms with Gasteiger partial charge in [0.05, 0.1) is 5.41 Å².